The van der Waals surface area contributed by atoms with Gasteiger partial charge in [0.1, 0.15) is 11.7 Å². The van der Waals surface area contributed by atoms with Gasteiger partial charge in [-0.15, -0.1) is 0 Å². The zero-order valence-corrected chi connectivity index (χ0v) is 15.0. The molecule has 3 rings (SSSR count). The third kappa shape index (κ3) is 2.74. The van der Waals surface area contributed by atoms with Gasteiger partial charge in [-0.2, -0.15) is 0 Å². The second-order valence-electron chi connectivity index (χ2n) is 6.07. The maximum Gasteiger partial charge on any atom is 0.312 e. The van der Waals surface area contributed by atoms with Crippen molar-refractivity contribution in [1.82, 2.24) is 0 Å². The fourth-order valence-corrected chi connectivity index (χ4v) is 4.99. The third-order valence-corrected chi connectivity index (χ3v) is 6.41. The molecule has 0 saturated carbocycles. The van der Waals surface area contributed by atoms with Gasteiger partial charge in [-0.05, 0) is 48.7 Å². The Kier molecular flexibility index (Phi) is 4.20. The van der Waals surface area contributed by atoms with Crippen LogP contribution in [0.1, 0.15) is 22.6 Å². The molecule has 7 heteroatoms. The third-order valence-electron chi connectivity index (χ3n) is 4.49. The van der Waals surface area contributed by atoms with Crippen molar-refractivity contribution in [2.75, 3.05) is 18.0 Å². The van der Waals surface area contributed by atoms with Crippen LogP contribution in [0.2, 0.25) is 0 Å². The molecule has 1 aliphatic rings. The van der Waals surface area contributed by atoms with E-state index in [2.05, 4.69) is 0 Å². The van der Waals surface area contributed by atoms with Crippen LogP contribution in [0.15, 0.2) is 41.3 Å². The number of carboxylic acid groups (broad SMARTS) is 1. The van der Waals surface area contributed by atoms with E-state index in [1.165, 1.54) is 11.4 Å². The van der Waals surface area contributed by atoms with Gasteiger partial charge in [0.2, 0.25) is 0 Å². The topological polar surface area (TPSA) is 83.9 Å². The first kappa shape index (κ1) is 17.3. The Hall–Kier alpha value is -2.54. The minimum Gasteiger partial charge on any atom is -0.496 e. The number of rotatable bonds is 4. The average Bonchev–Trinajstić information content (AvgIpc) is 2.97. The van der Waals surface area contributed by atoms with E-state index in [1.807, 2.05) is 0 Å². The predicted octanol–water partition coefficient (Wildman–Crippen LogP) is 2.69. The number of carboxylic acids is 1. The van der Waals surface area contributed by atoms with Gasteiger partial charge in [0.05, 0.1) is 24.2 Å². The zero-order valence-electron chi connectivity index (χ0n) is 14.2. The van der Waals surface area contributed by atoms with Crippen LogP contribution in [-0.2, 0) is 14.8 Å². The molecular formula is C18H19NO5S. The number of anilines is 1. The molecule has 0 spiro atoms. The highest BCUT2D eigenvalue weighted by atomic mass is 32.2. The molecule has 132 valence electrons. The van der Waals surface area contributed by atoms with Gasteiger partial charge in [0.15, 0.2) is 0 Å². The molecule has 0 fully saturated rings. The number of methoxy groups -OCH3 is 1. The van der Waals surface area contributed by atoms with Gasteiger partial charge in [-0.1, -0.05) is 18.2 Å². The lowest BCUT2D eigenvalue weighted by Crippen LogP contribution is -2.31. The van der Waals surface area contributed by atoms with Crippen LogP contribution in [0.25, 0.3) is 0 Å². The molecule has 1 heterocycles. The molecule has 2 aromatic carbocycles. The lowest BCUT2D eigenvalue weighted by Gasteiger charge is -2.22. The quantitative estimate of drug-likeness (QED) is 0.905. The van der Waals surface area contributed by atoms with E-state index >= 15 is 0 Å². The van der Waals surface area contributed by atoms with E-state index in [9.17, 15) is 18.3 Å². The van der Waals surface area contributed by atoms with Gasteiger partial charge in [0.25, 0.3) is 10.0 Å². The van der Waals surface area contributed by atoms with Crippen molar-refractivity contribution < 1.29 is 23.1 Å². The molecule has 0 saturated heterocycles. The van der Waals surface area contributed by atoms with Crippen LogP contribution in [0, 0.1) is 13.8 Å². The summed E-state index contributed by atoms with van der Waals surface area (Å²) < 4.78 is 32.9. The lowest BCUT2D eigenvalue weighted by molar-refractivity contribution is -0.138. The summed E-state index contributed by atoms with van der Waals surface area (Å²) in [6, 6.07) is 9.97. The number of sulfonamides is 1. The first-order chi connectivity index (χ1) is 11.8. The van der Waals surface area contributed by atoms with Crippen molar-refractivity contribution in [1.29, 1.82) is 0 Å². The number of para-hydroxylation sites is 1. The van der Waals surface area contributed by atoms with Crippen LogP contribution in [0.5, 0.6) is 5.75 Å². The number of ether oxygens (including phenoxy) is 1. The minimum atomic E-state index is -3.88. The number of nitrogens with zero attached hydrogens (tertiary/aromatic N) is 1. The lowest BCUT2D eigenvalue weighted by atomic mass is 10.0. The van der Waals surface area contributed by atoms with Gasteiger partial charge < -0.3 is 9.84 Å². The van der Waals surface area contributed by atoms with Crippen molar-refractivity contribution in [2.45, 2.75) is 24.7 Å². The summed E-state index contributed by atoms with van der Waals surface area (Å²) >= 11 is 0. The highest BCUT2D eigenvalue weighted by molar-refractivity contribution is 7.93. The average molecular weight is 361 g/mol. The summed E-state index contributed by atoms with van der Waals surface area (Å²) in [7, 11) is -2.35. The second-order valence-corrected chi connectivity index (χ2v) is 7.90. The van der Waals surface area contributed by atoms with E-state index in [0.717, 1.165) is 0 Å². The highest BCUT2D eigenvalue weighted by Gasteiger charge is 2.40. The van der Waals surface area contributed by atoms with Gasteiger partial charge in [-0.3, -0.25) is 9.10 Å². The monoisotopic (exact) mass is 361 g/mol. The van der Waals surface area contributed by atoms with Gasteiger partial charge >= 0.3 is 5.97 Å². The Morgan fingerprint density at radius 3 is 2.52 bits per heavy atom. The summed E-state index contributed by atoms with van der Waals surface area (Å²) in [4.78, 5) is 11.7. The summed E-state index contributed by atoms with van der Waals surface area (Å²) in [5.41, 5.74) is 2.19. The minimum absolute atomic E-state index is 0.110. The van der Waals surface area contributed by atoms with E-state index in [-0.39, 0.29) is 11.4 Å². The first-order valence-electron chi connectivity index (χ1n) is 7.77. The molecule has 25 heavy (non-hydrogen) atoms. The van der Waals surface area contributed by atoms with Crippen LogP contribution in [-0.4, -0.2) is 33.1 Å². The Bertz CT molecular complexity index is 952. The number of benzene rings is 2. The molecule has 0 bridgehead atoms. The van der Waals surface area contributed by atoms with Crippen LogP contribution in [0.4, 0.5) is 5.69 Å². The smallest absolute Gasteiger partial charge is 0.312 e. The van der Waals surface area contributed by atoms with Crippen LogP contribution < -0.4 is 9.04 Å². The maximum absolute atomic E-state index is 13.2. The predicted molar refractivity (Wildman–Crippen MR) is 93.8 cm³/mol. The van der Waals surface area contributed by atoms with E-state index < -0.39 is 21.9 Å². The fraction of sp³-hybridized carbons (Fsp3) is 0.278. The summed E-state index contributed by atoms with van der Waals surface area (Å²) in [5.74, 6) is -1.29. The molecule has 1 unspecified atom stereocenters. The molecule has 1 N–H and O–H groups in total. The van der Waals surface area contributed by atoms with Crippen molar-refractivity contribution in [3.05, 3.63) is 53.1 Å². The number of hydrogen-bond donors (Lipinski definition) is 1. The number of fused-ring (bicyclic) bond motifs is 1. The molecule has 2 aromatic rings. The van der Waals surface area contributed by atoms with Crippen molar-refractivity contribution in [2.24, 2.45) is 0 Å². The summed E-state index contributed by atoms with van der Waals surface area (Å²) in [6.07, 6.45) is 0. The van der Waals surface area contributed by atoms with Crippen molar-refractivity contribution in [3.8, 4) is 5.75 Å². The molecule has 0 amide bonds. The normalized spacial score (nSPS) is 16.6. The number of hydrogen-bond acceptors (Lipinski definition) is 4. The van der Waals surface area contributed by atoms with Crippen molar-refractivity contribution in [3.63, 3.8) is 0 Å². The van der Waals surface area contributed by atoms with E-state index in [1.54, 1.807) is 50.2 Å². The second kappa shape index (κ2) is 6.07. The first-order valence-corrected chi connectivity index (χ1v) is 9.21. The summed E-state index contributed by atoms with van der Waals surface area (Å²) in [6.45, 7) is 3.36. The summed E-state index contributed by atoms with van der Waals surface area (Å²) in [5, 5.41) is 9.44. The van der Waals surface area contributed by atoms with Crippen LogP contribution in [0.3, 0.4) is 0 Å². The molecule has 6 nitrogen and oxygen atoms in total. The SMILES string of the molecule is COc1cc(C)c(S(=O)(=O)N2CC(C(=O)O)c3ccccc32)cc1C. The molecule has 1 atom stereocenters. The zero-order chi connectivity index (χ0) is 18.4. The molecule has 0 aromatic heterocycles. The highest BCUT2D eigenvalue weighted by Crippen LogP contribution is 2.40. The van der Waals surface area contributed by atoms with Gasteiger partial charge in [-0.25, -0.2) is 8.42 Å². The number of aliphatic carboxylic acids is 1. The van der Waals surface area contributed by atoms with Gasteiger partial charge in [0, 0.05) is 0 Å². The maximum atomic E-state index is 13.2. The Morgan fingerprint density at radius 2 is 1.88 bits per heavy atom. The largest absolute Gasteiger partial charge is 0.496 e. The molecule has 1 aliphatic heterocycles. The number of aryl methyl sites for hydroxylation is 2. The Balaban J connectivity index is 2.14. The Morgan fingerprint density at radius 1 is 1.20 bits per heavy atom. The standard InChI is InChI=1S/C18H19NO5S/c1-11-9-17(12(2)8-16(11)24-3)25(22,23)19-10-14(18(20)21)13-6-4-5-7-15(13)19/h4-9,14H,10H2,1-3H3,(H,20,21). The molecule has 0 radical (unpaired) electrons. The van der Waals surface area contributed by atoms with E-state index in [0.29, 0.717) is 28.1 Å². The number of carbonyl (C=O) groups is 1. The fourth-order valence-electron chi connectivity index (χ4n) is 3.19. The van der Waals surface area contributed by atoms with E-state index in [4.69, 9.17) is 4.74 Å². The molecular weight excluding hydrogens is 342 g/mol. The molecule has 0 aliphatic carbocycles. The van der Waals surface area contributed by atoms with Crippen molar-refractivity contribution >= 4 is 21.7 Å². The van der Waals surface area contributed by atoms with Crippen LogP contribution >= 0.6 is 0 Å². The Labute approximate surface area is 146 Å².